The van der Waals surface area contributed by atoms with Gasteiger partial charge in [0.15, 0.2) is 0 Å². The van der Waals surface area contributed by atoms with Crippen LogP contribution in [0, 0.1) is 0 Å². The molecule has 1 atom stereocenters. The molecular weight excluding hydrogens is 416 g/mol. The third-order valence-corrected chi connectivity index (χ3v) is 5.72. The summed E-state index contributed by atoms with van der Waals surface area (Å²) < 4.78 is 6.25. The van der Waals surface area contributed by atoms with Crippen LogP contribution in [0.1, 0.15) is 31.6 Å². The molecule has 1 fully saturated rings. The quantitative estimate of drug-likeness (QED) is 0.779. The van der Waals surface area contributed by atoms with Crippen LogP contribution in [0.4, 0.5) is 0 Å². The monoisotopic (exact) mass is 434 g/mol. The second kappa shape index (κ2) is 8.94. The van der Waals surface area contributed by atoms with Crippen LogP contribution < -0.4 is 5.73 Å². The molecule has 1 aliphatic rings. The molecule has 132 valence electrons. The molecule has 2 N–H and O–H groups in total. The van der Waals surface area contributed by atoms with Gasteiger partial charge in [0.05, 0.1) is 4.88 Å². The number of nitrogens with two attached hydrogens (primary N) is 1. The number of hydrogen-bond donors (Lipinski definition) is 1. The van der Waals surface area contributed by atoms with Crippen molar-refractivity contribution in [2.75, 3.05) is 13.1 Å². The van der Waals surface area contributed by atoms with E-state index in [4.69, 9.17) is 10.3 Å². The minimum Gasteiger partial charge on any atom is -0.339 e. The van der Waals surface area contributed by atoms with Crippen molar-refractivity contribution in [3.63, 3.8) is 0 Å². The summed E-state index contributed by atoms with van der Waals surface area (Å²) in [6.45, 7) is 1.34. The largest absolute Gasteiger partial charge is 0.339 e. The summed E-state index contributed by atoms with van der Waals surface area (Å²) >= 11 is 4.95. The number of thiophene rings is 1. The summed E-state index contributed by atoms with van der Waals surface area (Å²) in [6, 6.07) is 2.13. The maximum absolute atomic E-state index is 12.4. The summed E-state index contributed by atoms with van der Waals surface area (Å²) in [5.41, 5.74) is 5.77. The number of likely N-dealkylation sites (tertiary alicyclic amines) is 1. The maximum atomic E-state index is 12.4. The zero-order chi connectivity index (χ0) is 16.2. The number of piperidine rings is 1. The first kappa shape index (κ1) is 19.4. The van der Waals surface area contributed by atoms with E-state index in [2.05, 4.69) is 26.1 Å². The lowest BCUT2D eigenvalue weighted by atomic mass is 10.0. The Morgan fingerprint density at radius 2 is 2.33 bits per heavy atom. The van der Waals surface area contributed by atoms with Crippen molar-refractivity contribution in [2.24, 2.45) is 5.73 Å². The van der Waals surface area contributed by atoms with Gasteiger partial charge in [-0.1, -0.05) is 5.16 Å². The summed E-state index contributed by atoms with van der Waals surface area (Å²) in [6.07, 6.45) is 4.05. The van der Waals surface area contributed by atoms with Gasteiger partial charge in [0.1, 0.15) is 0 Å². The van der Waals surface area contributed by atoms with Gasteiger partial charge in [-0.25, -0.2) is 0 Å². The molecule has 1 saturated heterocycles. The smallest absolute Gasteiger partial charge is 0.227 e. The van der Waals surface area contributed by atoms with Gasteiger partial charge in [-0.2, -0.15) is 4.98 Å². The highest BCUT2D eigenvalue weighted by Gasteiger charge is 2.25. The SMILES string of the molecule is Cl.NCC1CCCCN1C(=O)CCc1nc(-c2cc(Br)cs2)no1. The zero-order valence-corrected chi connectivity index (χ0v) is 16.3. The Morgan fingerprint density at radius 3 is 3.04 bits per heavy atom. The maximum Gasteiger partial charge on any atom is 0.227 e. The Balaban J connectivity index is 0.00000208. The number of rotatable bonds is 5. The van der Waals surface area contributed by atoms with Crippen molar-refractivity contribution >= 4 is 45.6 Å². The molecule has 0 spiro atoms. The van der Waals surface area contributed by atoms with E-state index in [-0.39, 0.29) is 24.4 Å². The van der Waals surface area contributed by atoms with Gasteiger partial charge in [-0.05, 0) is 41.3 Å². The lowest BCUT2D eigenvalue weighted by Crippen LogP contribution is -2.47. The highest BCUT2D eigenvalue weighted by molar-refractivity contribution is 9.10. The first-order chi connectivity index (χ1) is 11.2. The first-order valence-corrected chi connectivity index (χ1v) is 9.41. The van der Waals surface area contributed by atoms with Crippen molar-refractivity contribution in [1.82, 2.24) is 15.0 Å². The van der Waals surface area contributed by atoms with E-state index in [0.717, 1.165) is 35.2 Å². The van der Waals surface area contributed by atoms with Crippen molar-refractivity contribution in [2.45, 2.75) is 38.1 Å². The summed E-state index contributed by atoms with van der Waals surface area (Å²) in [4.78, 5) is 19.6. The normalized spacial score (nSPS) is 17.6. The van der Waals surface area contributed by atoms with Gasteiger partial charge in [-0.15, -0.1) is 23.7 Å². The number of hydrogen-bond acceptors (Lipinski definition) is 6. The van der Waals surface area contributed by atoms with Gasteiger partial charge in [0.2, 0.25) is 17.6 Å². The highest BCUT2D eigenvalue weighted by Crippen LogP contribution is 2.28. The molecule has 1 aliphatic heterocycles. The Hall–Kier alpha value is -0.960. The fourth-order valence-corrected chi connectivity index (χ4v) is 4.17. The fraction of sp³-hybridized carbons (Fsp3) is 0.533. The van der Waals surface area contributed by atoms with E-state index in [1.54, 1.807) is 11.3 Å². The van der Waals surface area contributed by atoms with E-state index in [0.29, 0.717) is 31.1 Å². The third kappa shape index (κ3) is 4.56. The molecule has 1 amide bonds. The van der Waals surface area contributed by atoms with Crippen LogP contribution in [-0.4, -0.2) is 40.1 Å². The molecular formula is C15H20BrClN4O2S. The molecule has 2 aromatic rings. The Labute approximate surface area is 159 Å². The number of nitrogens with zero attached hydrogens (tertiary/aromatic N) is 3. The minimum atomic E-state index is 0. The molecule has 0 aromatic carbocycles. The molecule has 9 heteroatoms. The van der Waals surface area contributed by atoms with Gasteiger partial charge in [-0.3, -0.25) is 4.79 Å². The summed E-state index contributed by atoms with van der Waals surface area (Å²) in [7, 11) is 0. The van der Waals surface area contributed by atoms with Crippen LogP contribution in [0.5, 0.6) is 0 Å². The number of amides is 1. The van der Waals surface area contributed by atoms with E-state index in [1.807, 2.05) is 16.3 Å². The Bertz CT molecular complexity index is 678. The van der Waals surface area contributed by atoms with E-state index < -0.39 is 0 Å². The van der Waals surface area contributed by atoms with Crippen LogP contribution >= 0.6 is 39.7 Å². The first-order valence-electron chi connectivity index (χ1n) is 7.74. The summed E-state index contributed by atoms with van der Waals surface area (Å²) in [5, 5.41) is 5.95. The van der Waals surface area contributed by atoms with Crippen molar-refractivity contribution < 1.29 is 9.32 Å². The van der Waals surface area contributed by atoms with Gasteiger partial charge in [0.25, 0.3) is 0 Å². The van der Waals surface area contributed by atoms with Crippen LogP contribution in [0.2, 0.25) is 0 Å². The average Bonchev–Trinajstić information content (AvgIpc) is 3.21. The molecule has 24 heavy (non-hydrogen) atoms. The van der Waals surface area contributed by atoms with Crippen LogP contribution in [-0.2, 0) is 11.2 Å². The second-order valence-electron chi connectivity index (χ2n) is 5.61. The molecule has 0 radical (unpaired) electrons. The van der Waals surface area contributed by atoms with Crippen molar-refractivity contribution in [3.8, 4) is 10.7 Å². The van der Waals surface area contributed by atoms with E-state index in [9.17, 15) is 4.79 Å². The van der Waals surface area contributed by atoms with Gasteiger partial charge in [0, 0.05) is 41.8 Å². The molecule has 0 saturated carbocycles. The van der Waals surface area contributed by atoms with Gasteiger partial charge >= 0.3 is 0 Å². The van der Waals surface area contributed by atoms with Crippen LogP contribution in [0.15, 0.2) is 20.4 Å². The number of aromatic nitrogens is 2. The standard InChI is InChI=1S/C15H19BrN4O2S.ClH/c16-10-7-12(23-9-10)15-18-13(22-19-15)4-5-14(21)20-6-2-1-3-11(20)8-17;/h7,9,11H,1-6,8,17H2;1H. The molecule has 1 unspecified atom stereocenters. The van der Waals surface area contributed by atoms with Crippen molar-refractivity contribution in [3.05, 3.63) is 21.8 Å². The molecule has 3 rings (SSSR count). The lowest BCUT2D eigenvalue weighted by molar-refractivity contribution is -0.134. The number of carbonyl (C=O) groups excluding carboxylic acids is 1. The molecule has 0 aliphatic carbocycles. The second-order valence-corrected chi connectivity index (χ2v) is 7.44. The lowest BCUT2D eigenvalue weighted by Gasteiger charge is -2.35. The zero-order valence-electron chi connectivity index (χ0n) is 13.1. The number of aryl methyl sites for hydroxylation is 1. The molecule has 6 nitrogen and oxygen atoms in total. The third-order valence-electron chi connectivity index (χ3n) is 4.03. The highest BCUT2D eigenvalue weighted by atomic mass is 79.9. The predicted octanol–water partition coefficient (Wildman–Crippen LogP) is 3.25. The Morgan fingerprint density at radius 1 is 1.50 bits per heavy atom. The van der Waals surface area contributed by atoms with Crippen molar-refractivity contribution in [1.29, 1.82) is 0 Å². The molecule has 2 aromatic heterocycles. The summed E-state index contributed by atoms with van der Waals surface area (Å²) in [5.74, 6) is 1.19. The van der Waals surface area contributed by atoms with Gasteiger partial charge < -0.3 is 15.2 Å². The van der Waals surface area contributed by atoms with Crippen LogP contribution in [0.25, 0.3) is 10.7 Å². The molecule has 0 bridgehead atoms. The van der Waals surface area contributed by atoms with E-state index >= 15 is 0 Å². The fourth-order valence-electron chi connectivity index (χ4n) is 2.82. The minimum absolute atomic E-state index is 0. The average molecular weight is 436 g/mol. The van der Waals surface area contributed by atoms with Crippen LogP contribution in [0.3, 0.4) is 0 Å². The number of carbonyl (C=O) groups is 1. The topological polar surface area (TPSA) is 85.2 Å². The predicted molar refractivity (Wildman–Crippen MR) is 99.3 cm³/mol. The van der Waals surface area contributed by atoms with E-state index in [1.165, 1.54) is 0 Å². The molecule has 3 heterocycles. The number of halogens is 2. The Kier molecular flexibility index (Phi) is 7.21.